The second-order valence-electron chi connectivity index (χ2n) is 3.02. The van der Waals surface area contributed by atoms with Crippen LogP contribution in [-0.2, 0) is 10.9 Å². The van der Waals surface area contributed by atoms with E-state index >= 15 is 0 Å². The van der Waals surface area contributed by atoms with Crippen LogP contribution >= 0.6 is 34.2 Å². The van der Waals surface area contributed by atoms with E-state index in [0.29, 0.717) is 10.2 Å². The Labute approximate surface area is 115 Å². The topological polar surface area (TPSA) is 18.5 Å². The molecule has 0 aliphatic rings. The number of hydrogen-bond donors (Lipinski definition) is 0. The molecule has 0 saturated carbocycles. The van der Waals surface area contributed by atoms with Gasteiger partial charge >= 0.3 is 6.18 Å². The molecule has 17 heavy (non-hydrogen) atoms. The van der Waals surface area contributed by atoms with Crippen LogP contribution < -0.4 is 4.74 Å². The van der Waals surface area contributed by atoms with E-state index in [0.717, 1.165) is 12.1 Å². The van der Waals surface area contributed by atoms with Crippen LogP contribution in [0.15, 0.2) is 12.1 Å². The predicted molar refractivity (Wildman–Crippen MR) is 66.3 cm³/mol. The first-order valence-electron chi connectivity index (χ1n) is 4.63. The minimum Gasteiger partial charge on any atom is -0.466 e. The maximum Gasteiger partial charge on any atom is 0.416 e. The fourth-order valence-electron chi connectivity index (χ4n) is 1.02. The standard InChI is InChI=1S/C10H9ClF3IO2/c1-2-16-5-17-8-4-6(10(12,13)14)3-7(11)9(8)15/h3-4H,2,5H2,1H3. The van der Waals surface area contributed by atoms with Crippen molar-refractivity contribution in [1.82, 2.24) is 0 Å². The van der Waals surface area contributed by atoms with Crippen molar-refractivity contribution in [3.05, 3.63) is 26.3 Å². The molecule has 1 aromatic rings. The zero-order valence-corrected chi connectivity index (χ0v) is 11.7. The van der Waals surface area contributed by atoms with Crippen LogP contribution in [0, 0.1) is 3.57 Å². The first-order valence-corrected chi connectivity index (χ1v) is 6.08. The van der Waals surface area contributed by atoms with Gasteiger partial charge in [0.1, 0.15) is 5.75 Å². The van der Waals surface area contributed by atoms with E-state index in [1.165, 1.54) is 0 Å². The van der Waals surface area contributed by atoms with E-state index in [-0.39, 0.29) is 17.6 Å². The molecule has 1 aromatic carbocycles. The van der Waals surface area contributed by atoms with Crippen molar-refractivity contribution in [3.8, 4) is 5.75 Å². The number of rotatable bonds is 4. The van der Waals surface area contributed by atoms with E-state index in [4.69, 9.17) is 21.1 Å². The van der Waals surface area contributed by atoms with Crippen LogP contribution in [-0.4, -0.2) is 13.4 Å². The molecule has 7 heteroatoms. The lowest BCUT2D eigenvalue weighted by atomic mass is 10.2. The second kappa shape index (κ2) is 6.10. The maximum absolute atomic E-state index is 12.5. The summed E-state index contributed by atoms with van der Waals surface area (Å²) >= 11 is 7.53. The van der Waals surface area contributed by atoms with Crippen LogP contribution in [0.4, 0.5) is 13.2 Å². The summed E-state index contributed by atoms with van der Waals surface area (Å²) in [6.45, 7) is 2.07. The van der Waals surface area contributed by atoms with Crippen molar-refractivity contribution in [1.29, 1.82) is 0 Å². The monoisotopic (exact) mass is 380 g/mol. The van der Waals surface area contributed by atoms with E-state index in [9.17, 15) is 13.2 Å². The third kappa shape index (κ3) is 4.18. The summed E-state index contributed by atoms with van der Waals surface area (Å²) in [5, 5.41) is 0.00641. The van der Waals surface area contributed by atoms with E-state index in [1.54, 1.807) is 6.92 Å². The molecule has 0 amide bonds. The van der Waals surface area contributed by atoms with Gasteiger partial charge in [-0.1, -0.05) is 11.6 Å². The van der Waals surface area contributed by atoms with Gasteiger partial charge in [-0.15, -0.1) is 0 Å². The molecule has 0 radical (unpaired) electrons. The maximum atomic E-state index is 12.5. The zero-order chi connectivity index (χ0) is 13.1. The summed E-state index contributed by atoms with van der Waals surface area (Å²) in [6, 6.07) is 1.78. The number of hydrogen-bond acceptors (Lipinski definition) is 2. The molecule has 0 aliphatic carbocycles. The minimum absolute atomic E-state index is 0.00641. The van der Waals surface area contributed by atoms with Gasteiger partial charge in [0.05, 0.1) is 14.2 Å². The number of ether oxygens (including phenoxy) is 2. The summed E-state index contributed by atoms with van der Waals surface area (Å²) in [6.07, 6.45) is -4.45. The van der Waals surface area contributed by atoms with Crippen LogP contribution in [0.5, 0.6) is 5.75 Å². The van der Waals surface area contributed by atoms with Crippen molar-refractivity contribution in [2.45, 2.75) is 13.1 Å². The summed E-state index contributed by atoms with van der Waals surface area (Å²) in [7, 11) is 0. The fraction of sp³-hybridized carbons (Fsp3) is 0.400. The molecule has 0 aromatic heterocycles. The SMILES string of the molecule is CCOCOc1cc(C(F)(F)F)cc(Cl)c1I. The van der Waals surface area contributed by atoms with Gasteiger partial charge in [0.25, 0.3) is 0 Å². The molecule has 0 saturated heterocycles. The Kier molecular flexibility index (Phi) is 5.33. The zero-order valence-electron chi connectivity index (χ0n) is 8.78. The third-order valence-corrected chi connectivity index (χ3v) is 3.55. The molecule has 0 bridgehead atoms. The predicted octanol–water partition coefficient (Wildman–Crippen LogP) is 4.34. The summed E-state index contributed by atoms with van der Waals surface area (Å²) in [5.74, 6) is 0.0684. The third-order valence-electron chi connectivity index (χ3n) is 1.82. The van der Waals surface area contributed by atoms with Gasteiger partial charge in [-0.05, 0) is 41.6 Å². The highest BCUT2D eigenvalue weighted by Gasteiger charge is 2.32. The molecule has 2 nitrogen and oxygen atoms in total. The Morgan fingerprint density at radius 1 is 1.35 bits per heavy atom. The van der Waals surface area contributed by atoms with Crippen molar-refractivity contribution >= 4 is 34.2 Å². The van der Waals surface area contributed by atoms with Crippen LogP contribution in [0.25, 0.3) is 0 Å². The Bertz CT molecular complexity index is 396. The molecule has 0 unspecified atom stereocenters. The molecular weight excluding hydrogens is 371 g/mol. The summed E-state index contributed by atoms with van der Waals surface area (Å²) < 4.78 is 48.0. The van der Waals surface area contributed by atoms with Crippen LogP contribution in [0.3, 0.4) is 0 Å². The fourth-order valence-corrected chi connectivity index (χ4v) is 1.70. The van der Waals surface area contributed by atoms with E-state index in [1.807, 2.05) is 22.6 Å². The lowest BCUT2D eigenvalue weighted by molar-refractivity contribution is -0.137. The summed E-state index contributed by atoms with van der Waals surface area (Å²) in [4.78, 5) is 0. The smallest absolute Gasteiger partial charge is 0.416 e. The largest absolute Gasteiger partial charge is 0.466 e. The molecule has 1 rings (SSSR count). The average Bonchev–Trinajstić information content (AvgIpc) is 2.22. The van der Waals surface area contributed by atoms with Crippen molar-refractivity contribution in [2.24, 2.45) is 0 Å². The highest BCUT2D eigenvalue weighted by Crippen LogP contribution is 2.37. The molecule has 0 N–H and O–H groups in total. The molecule has 0 fully saturated rings. The van der Waals surface area contributed by atoms with Gasteiger partial charge in [-0.25, -0.2) is 0 Å². The molecular formula is C10H9ClF3IO2. The highest BCUT2D eigenvalue weighted by atomic mass is 127. The first-order chi connectivity index (χ1) is 7.86. The lowest BCUT2D eigenvalue weighted by Crippen LogP contribution is -2.08. The molecule has 0 heterocycles. The Balaban J connectivity index is 2.99. The molecule has 0 atom stereocenters. The normalized spacial score (nSPS) is 11.6. The minimum atomic E-state index is -4.45. The molecule has 96 valence electrons. The van der Waals surface area contributed by atoms with Crippen molar-refractivity contribution < 1.29 is 22.6 Å². The number of benzene rings is 1. The molecule has 0 spiro atoms. The van der Waals surface area contributed by atoms with E-state index < -0.39 is 11.7 Å². The molecule has 0 aliphatic heterocycles. The Morgan fingerprint density at radius 2 is 2.00 bits per heavy atom. The average molecular weight is 381 g/mol. The van der Waals surface area contributed by atoms with Crippen LogP contribution in [0.1, 0.15) is 12.5 Å². The van der Waals surface area contributed by atoms with Crippen LogP contribution in [0.2, 0.25) is 5.02 Å². The quantitative estimate of drug-likeness (QED) is 0.440. The lowest BCUT2D eigenvalue weighted by Gasteiger charge is -2.13. The van der Waals surface area contributed by atoms with Gasteiger partial charge in [0.15, 0.2) is 6.79 Å². The van der Waals surface area contributed by atoms with Gasteiger partial charge in [-0.2, -0.15) is 13.2 Å². The van der Waals surface area contributed by atoms with Gasteiger partial charge < -0.3 is 9.47 Å². The summed E-state index contributed by atoms with van der Waals surface area (Å²) in [5.41, 5.74) is -0.839. The first kappa shape index (κ1) is 14.8. The van der Waals surface area contributed by atoms with Gasteiger partial charge in [-0.3, -0.25) is 0 Å². The number of alkyl halides is 3. The highest BCUT2D eigenvalue weighted by molar-refractivity contribution is 14.1. The number of halogens is 5. The Morgan fingerprint density at radius 3 is 2.53 bits per heavy atom. The van der Waals surface area contributed by atoms with E-state index in [2.05, 4.69) is 0 Å². The van der Waals surface area contributed by atoms with Gasteiger partial charge in [0.2, 0.25) is 0 Å². The van der Waals surface area contributed by atoms with Crippen molar-refractivity contribution in [2.75, 3.05) is 13.4 Å². The Hall–Kier alpha value is -0.210. The second-order valence-corrected chi connectivity index (χ2v) is 4.51. The van der Waals surface area contributed by atoms with Crippen molar-refractivity contribution in [3.63, 3.8) is 0 Å². The van der Waals surface area contributed by atoms with Gasteiger partial charge in [0, 0.05) is 6.61 Å².